The van der Waals surface area contributed by atoms with Crippen LogP contribution < -0.4 is 0 Å². The maximum absolute atomic E-state index is 10.3. The van der Waals surface area contributed by atoms with Gasteiger partial charge in [-0.25, -0.2) is 0 Å². The van der Waals surface area contributed by atoms with E-state index < -0.39 is 0 Å². The van der Waals surface area contributed by atoms with Gasteiger partial charge in [0.2, 0.25) is 0 Å². The molecule has 0 saturated heterocycles. The zero-order valence-corrected chi connectivity index (χ0v) is 12.2. The second-order valence-electron chi connectivity index (χ2n) is 6.27. The van der Waals surface area contributed by atoms with E-state index in [0.29, 0.717) is 12.1 Å². The summed E-state index contributed by atoms with van der Waals surface area (Å²) in [6.45, 7) is 6.85. The third kappa shape index (κ3) is 4.97. The van der Waals surface area contributed by atoms with Gasteiger partial charge in [0.25, 0.3) is 0 Å². The number of likely N-dealkylation sites (N-methyl/N-ethyl adjacent to an activating group) is 1. The smallest absolute Gasteiger partial charge is 0.0695 e. The maximum atomic E-state index is 10.3. The van der Waals surface area contributed by atoms with Crippen LogP contribution in [0.15, 0.2) is 0 Å². The van der Waals surface area contributed by atoms with Gasteiger partial charge in [-0.3, -0.25) is 4.90 Å². The van der Waals surface area contributed by atoms with E-state index in [2.05, 4.69) is 32.7 Å². The number of hydrogen-bond acceptors (Lipinski definition) is 2. The van der Waals surface area contributed by atoms with Gasteiger partial charge >= 0.3 is 0 Å². The van der Waals surface area contributed by atoms with Crippen molar-refractivity contribution in [1.29, 1.82) is 0 Å². The van der Waals surface area contributed by atoms with Gasteiger partial charge < -0.3 is 5.11 Å². The van der Waals surface area contributed by atoms with Crippen LogP contribution in [0.3, 0.4) is 0 Å². The van der Waals surface area contributed by atoms with Crippen molar-refractivity contribution in [2.24, 2.45) is 5.92 Å². The largest absolute Gasteiger partial charge is 0.391 e. The molecule has 0 aromatic carbocycles. The lowest BCUT2D eigenvalue weighted by molar-refractivity contribution is 0.0231. The molecule has 1 saturated carbocycles. The summed E-state index contributed by atoms with van der Waals surface area (Å²) in [5.74, 6) is 0.734. The van der Waals surface area contributed by atoms with Gasteiger partial charge in [0.05, 0.1) is 6.10 Å². The molecule has 1 aliphatic carbocycles. The SMILES string of the molecule is CC(C)CC(C)N(C)C1CCCCCCC1O. The molecule has 0 aromatic rings. The third-order valence-electron chi connectivity index (χ3n) is 4.22. The van der Waals surface area contributed by atoms with E-state index in [9.17, 15) is 5.11 Å². The minimum Gasteiger partial charge on any atom is -0.391 e. The lowest BCUT2D eigenvalue weighted by Crippen LogP contribution is -2.46. The van der Waals surface area contributed by atoms with E-state index in [4.69, 9.17) is 0 Å². The van der Waals surface area contributed by atoms with Gasteiger partial charge in [0.1, 0.15) is 0 Å². The highest BCUT2D eigenvalue weighted by molar-refractivity contribution is 4.82. The summed E-state index contributed by atoms with van der Waals surface area (Å²) in [5.41, 5.74) is 0. The van der Waals surface area contributed by atoms with Crippen molar-refractivity contribution in [3.8, 4) is 0 Å². The van der Waals surface area contributed by atoms with Crippen LogP contribution in [0, 0.1) is 5.92 Å². The van der Waals surface area contributed by atoms with Crippen molar-refractivity contribution in [2.45, 2.75) is 83.9 Å². The predicted molar refractivity (Wildman–Crippen MR) is 74.2 cm³/mol. The summed E-state index contributed by atoms with van der Waals surface area (Å²) in [6.07, 6.45) is 8.38. The highest BCUT2D eigenvalue weighted by atomic mass is 16.3. The summed E-state index contributed by atoms with van der Waals surface area (Å²) >= 11 is 0. The fourth-order valence-electron chi connectivity index (χ4n) is 3.10. The quantitative estimate of drug-likeness (QED) is 0.815. The molecule has 1 rings (SSSR count). The Morgan fingerprint density at radius 1 is 1.06 bits per heavy atom. The van der Waals surface area contributed by atoms with Crippen LogP contribution in [-0.2, 0) is 0 Å². The van der Waals surface area contributed by atoms with E-state index in [0.717, 1.165) is 12.3 Å². The molecule has 3 atom stereocenters. The Bertz CT molecular complexity index is 205. The monoisotopic (exact) mass is 241 g/mol. The Hall–Kier alpha value is -0.0800. The van der Waals surface area contributed by atoms with Gasteiger partial charge in [-0.05, 0) is 39.2 Å². The minimum absolute atomic E-state index is 0.116. The Morgan fingerprint density at radius 3 is 2.24 bits per heavy atom. The van der Waals surface area contributed by atoms with Crippen LogP contribution in [0.5, 0.6) is 0 Å². The van der Waals surface area contributed by atoms with E-state index in [1.807, 2.05) is 0 Å². The third-order valence-corrected chi connectivity index (χ3v) is 4.22. The van der Waals surface area contributed by atoms with Crippen LogP contribution in [0.4, 0.5) is 0 Å². The molecule has 0 aromatic heterocycles. The molecule has 0 heterocycles. The van der Waals surface area contributed by atoms with Crippen molar-refractivity contribution >= 4 is 0 Å². The van der Waals surface area contributed by atoms with Gasteiger partial charge in [-0.15, -0.1) is 0 Å². The number of hydrogen-bond donors (Lipinski definition) is 1. The topological polar surface area (TPSA) is 23.5 Å². The zero-order chi connectivity index (χ0) is 12.8. The van der Waals surface area contributed by atoms with Crippen molar-refractivity contribution in [1.82, 2.24) is 4.90 Å². The lowest BCUT2D eigenvalue weighted by atomic mass is 9.91. The molecule has 17 heavy (non-hydrogen) atoms. The summed E-state index contributed by atoms with van der Waals surface area (Å²) < 4.78 is 0. The molecule has 102 valence electrons. The molecule has 1 aliphatic rings. The minimum atomic E-state index is -0.116. The Labute approximate surface area is 107 Å². The van der Waals surface area contributed by atoms with Gasteiger partial charge in [0, 0.05) is 12.1 Å². The second kappa shape index (κ2) is 7.38. The van der Waals surface area contributed by atoms with Crippen molar-refractivity contribution in [3.63, 3.8) is 0 Å². The van der Waals surface area contributed by atoms with Gasteiger partial charge in [-0.1, -0.05) is 39.5 Å². The Kier molecular flexibility index (Phi) is 6.50. The Balaban J connectivity index is 2.53. The highest BCUT2D eigenvalue weighted by Gasteiger charge is 2.27. The molecule has 0 spiro atoms. The molecule has 3 unspecified atom stereocenters. The summed E-state index contributed by atoms with van der Waals surface area (Å²) in [7, 11) is 2.20. The average Bonchev–Trinajstić information content (AvgIpc) is 2.22. The van der Waals surface area contributed by atoms with Crippen LogP contribution >= 0.6 is 0 Å². The zero-order valence-electron chi connectivity index (χ0n) is 12.2. The molecule has 1 N–H and O–H groups in total. The molecule has 1 fully saturated rings. The maximum Gasteiger partial charge on any atom is 0.0695 e. The second-order valence-corrected chi connectivity index (χ2v) is 6.27. The number of nitrogens with zero attached hydrogens (tertiary/aromatic N) is 1. The fraction of sp³-hybridized carbons (Fsp3) is 1.00. The number of aliphatic hydroxyl groups is 1. The number of rotatable bonds is 4. The van der Waals surface area contributed by atoms with E-state index >= 15 is 0 Å². The van der Waals surface area contributed by atoms with Gasteiger partial charge in [-0.2, -0.15) is 0 Å². The average molecular weight is 241 g/mol. The predicted octanol–water partition coefficient (Wildman–Crippen LogP) is 3.44. The first-order valence-corrected chi connectivity index (χ1v) is 7.42. The van der Waals surface area contributed by atoms with Crippen LogP contribution in [0.25, 0.3) is 0 Å². The van der Waals surface area contributed by atoms with Crippen molar-refractivity contribution in [2.75, 3.05) is 7.05 Å². The summed E-state index contributed by atoms with van der Waals surface area (Å²) in [4.78, 5) is 2.43. The molecule has 0 radical (unpaired) electrons. The molecular weight excluding hydrogens is 210 g/mol. The molecule has 0 aliphatic heterocycles. The van der Waals surface area contributed by atoms with E-state index in [-0.39, 0.29) is 6.10 Å². The molecule has 0 amide bonds. The summed E-state index contributed by atoms with van der Waals surface area (Å²) in [5, 5.41) is 10.3. The van der Waals surface area contributed by atoms with Crippen molar-refractivity contribution < 1.29 is 5.11 Å². The first-order chi connectivity index (χ1) is 8.02. The van der Waals surface area contributed by atoms with Crippen LogP contribution in [0.1, 0.15) is 65.7 Å². The highest BCUT2D eigenvalue weighted by Crippen LogP contribution is 2.24. The standard InChI is InChI=1S/C15H31NO/c1-12(2)11-13(3)16(4)14-9-7-5-6-8-10-15(14)17/h12-15,17H,5-11H2,1-4H3. The normalized spacial score (nSPS) is 29.1. The fourth-order valence-corrected chi connectivity index (χ4v) is 3.10. The first kappa shape index (κ1) is 15.0. The molecular formula is C15H31NO. The first-order valence-electron chi connectivity index (χ1n) is 7.42. The van der Waals surface area contributed by atoms with Crippen LogP contribution in [0.2, 0.25) is 0 Å². The molecule has 0 bridgehead atoms. The Morgan fingerprint density at radius 2 is 1.65 bits per heavy atom. The van der Waals surface area contributed by atoms with Crippen LogP contribution in [-0.4, -0.2) is 35.2 Å². The van der Waals surface area contributed by atoms with Gasteiger partial charge in [0.15, 0.2) is 0 Å². The number of aliphatic hydroxyl groups excluding tert-OH is 1. The molecule has 2 nitrogen and oxygen atoms in total. The summed E-state index contributed by atoms with van der Waals surface area (Å²) in [6, 6.07) is 0.957. The van der Waals surface area contributed by atoms with Crippen molar-refractivity contribution in [3.05, 3.63) is 0 Å². The van der Waals surface area contributed by atoms with E-state index in [1.54, 1.807) is 0 Å². The van der Waals surface area contributed by atoms with E-state index in [1.165, 1.54) is 38.5 Å². The molecule has 2 heteroatoms. The lowest BCUT2D eigenvalue weighted by Gasteiger charge is -2.38.